The number of hydrogen-bond acceptors (Lipinski definition) is 5. The van der Waals surface area contributed by atoms with Gasteiger partial charge in [-0.1, -0.05) is 29.8 Å². The second-order valence-corrected chi connectivity index (χ2v) is 8.51. The highest BCUT2D eigenvalue weighted by atomic mass is 32.2. The number of hydrogen-bond donors (Lipinski definition) is 2. The number of benzene rings is 2. The number of esters is 1. The molecule has 0 spiro atoms. The second-order valence-electron chi connectivity index (χ2n) is 6.86. The highest BCUT2D eigenvalue weighted by molar-refractivity contribution is 7.89. The van der Waals surface area contributed by atoms with Crippen molar-refractivity contribution in [3.63, 3.8) is 0 Å². The van der Waals surface area contributed by atoms with Crippen LogP contribution in [0.4, 0.5) is 18.9 Å². The Morgan fingerprint density at radius 2 is 1.67 bits per heavy atom. The van der Waals surface area contributed by atoms with Crippen LogP contribution in [-0.2, 0) is 14.8 Å². The normalized spacial score (nSPS) is 13.0. The molecule has 0 aliphatic heterocycles. The van der Waals surface area contributed by atoms with Gasteiger partial charge in [-0.15, -0.1) is 0 Å². The molecule has 0 saturated carbocycles. The summed E-state index contributed by atoms with van der Waals surface area (Å²) in [4.78, 5) is 11.6. The summed E-state index contributed by atoms with van der Waals surface area (Å²) in [6, 6.07) is 6.62. The van der Waals surface area contributed by atoms with Gasteiger partial charge >= 0.3 is 12.1 Å². The minimum Gasteiger partial charge on any atom is -0.465 e. The van der Waals surface area contributed by atoms with Crippen LogP contribution in [0.2, 0.25) is 0 Å². The van der Waals surface area contributed by atoms with Crippen LogP contribution in [0.5, 0.6) is 0 Å². The van der Waals surface area contributed by atoms with Crippen molar-refractivity contribution in [2.45, 2.75) is 37.9 Å². The van der Waals surface area contributed by atoms with E-state index in [-0.39, 0.29) is 16.1 Å². The van der Waals surface area contributed by atoms with Crippen LogP contribution in [0, 0.1) is 20.8 Å². The average molecular weight is 444 g/mol. The molecule has 0 saturated heterocycles. The number of alkyl halides is 3. The fraction of sp³-hybridized carbons (Fsp3) is 0.350. The van der Waals surface area contributed by atoms with Crippen molar-refractivity contribution in [1.29, 1.82) is 0 Å². The first-order valence-electron chi connectivity index (χ1n) is 8.95. The molecular formula is C20H23F3N2O4S. The minimum absolute atomic E-state index is 0.0361. The number of para-hydroxylation sites is 1. The molecule has 1 atom stereocenters. The number of rotatable bonds is 7. The molecule has 0 aliphatic carbocycles. The maximum Gasteiger partial charge on any atom is 0.406 e. The van der Waals surface area contributed by atoms with Gasteiger partial charge in [0.1, 0.15) is 6.04 Å². The second kappa shape index (κ2) is 9.05. The summed E-state index contributed by atoms with van der Waals surface area (Å²) in [5.74, 6) is -0.729. The fourth-order valence-corrected chi connectivity index (χ4v) is 4.87. The van der Waals surface area contributed by atoms with Crippen molar-refractivity contribution < 1.29 is 31.1 Å². The Hall–Kier alpha value is -2.59. The Kier molecular flexibility index (Phi) is 7.14. The van der Waals surface area contributed by atoms with E-state index in [4.69, 9.17) is 0 Å². The molecule has 2 aromatic rings. The van der Waals surface area contributed by atoms with E-state index in [9.17, 15) is 26.4 Å². The number of anilines is 1. The smallest absolute Gasteiger partial charge is 0.406 e. The standard InChI is InChI=1S/C20H23F3N2O4S/c1-12-9-13(2)18(14(3)10-12)30(27,28)25-17(20(21,22)23)11-24-16-8-6-5-7-15(16)19(26)29-4/h5-10,17,24-25H,11H2,1-4H3. The van der Waals surface area contributed by atoms with E-state index in [2.05, 4.69) is 10.1 Å². The molecule has 6 nitrogen and oxygen atoms in total. The lowest BCUT2D eigenvalue weighted by Gasteiger charge is -2.24. The van der Waals surface area contributed by atoms with Crippen molar-refractivity contribution in [3.05, 3.63) is 58.7 Å². The van der Waals surface area contributed by atoms with E-state index in [0.29, 0.717) is 11.1 Å². The lowest BCUT2D eigenvalue weighted by Crippen LogP contribution is -2.49. The summed E-state index contributed by atoms with van der Waals surface area (Å²) in [7, 11) is -3.31. The van der Waals surface area contributed by atoms with Crippen LogP contribution in [0.3, 0.4) is 0 Å². The molecule has 1 unspecified atom stereocenters. The molecule has 0 fully saturated rings. The Bertz CT molecular complexity index is 1010. The molecule has 0 heterocycles. The SMILES string of the molecule is COC(=O)c1ccccc1NCC(NS(=O)(=O)c1c(C)cc(C)cc1C)C(F)(F)F. The molecule has 2 aromatic carbocycles. The number of carbonyl (C=O) groups is 1. The third-order valence-electron chi connectivity index (χ3n) is 4.39. The summed E-state index contributed by atoms with van der Waals surface area (Å²) in [5.41, 5.74) is 1.64. The van der Waals surface area contributed by atoms with Crippen LogP contribution in [0.25, 0.3) is 0 Å². The van der Waals surface area contributed by atoms with E-state index in [1.54, 1.807) is 23.8 Å². The average Bonchev–Trinajstić information content (AvgIpc) is 2.62. The molecule has 0 aromatic heterocycles. The van der Waals surface area contributed by atoms with Crippen LogP contribution in [0.1, 0.15) is 27.0 Å². The molecule has 0 bridgehead atoms. The third kappa shape index (κ3) is 5.51. The summed E-state index contributed by atoms with van der Waals surface area (Å²) >= 11 is 0. The molecule has 0 radical (unpaired) electrons. The maximum absolute atomic E-state index is 13.6. The van der Waals surface area contributed by atoms with Gasteiger partial charge in [0.05, 0.1) is 17.6 Å². The largest absolute Gasteiger partial charge is 0.465 e. The zero-order valence-corrected chi connectivity index (χ0v) is 17.7. The first-order chi connectivity index (χ1) is 13.9. The van der Waals surface area contributed by atoms with Gasteiger partial charge in [0, 0.05) is 12.2 Å². The highest BCUT2D eigenvalue weighted by Crippen LogP contribution is 2.26. The zero-order valence-electron chi connectivity index (χ0n) is 16.9. The Balaban J connectivity index is 2.32. The first kappa shape index (κ1) is 23.7. The summed E-state index contributed by atoms with van der Waals surface area (Å²) in [6.07, 6.45) is -4.87. The number of nitrogens with one attached hydrogen (secondary N) is 2. The summed E-state index contributed by atoms with van der Waals surface area (Å²) in [6.45, 7) is 4.01. The van der Waals surface area contributed by atoms with E-state index in [1.165, 1.54) is 38.1 Å². The van der Waals surface area contributed by atoms with Gasteiger partial charge in [-0.2, -0.15) is 17.9 Å². The third-order valence-corrected chi connectivity index (χ3v) is 6.17. The first-order valence-corrected chi connectivity index (χ1v) is 10.4. The number of ether oxygens (including phenoxy) is 1. The van der Waals surface area contributed by atoms with E-state index >= 15 is 0 Å². The Labute approximate surface area is 173 Å². The zero-order chi connectivity index (χ0) is 22.7. The molecule has 2 rings (SSSR count). The van der Waals surface area contributed by atoms with E-state index in [1.807, 2.05) is 0 Å². The molecule has 164 valence electrons. The van der Waals surface area contributed by atoms with Gasteiger partial charge in [-0.05, 0) is 44.0 Å². The monoisotopic (exact) mass is 444 g/mol. The van der Waals surface area contributed by atoms with Gasteiger partial charge < -0.3 is 10.1 Å². The van der Waals surface area contributed by atoms with Crippen molar-refractivity contribution in [2.75, 3.05) is 19.0 Å². The number of halogens is 3. The van der Waals surface area contributed by atoms with Gasteiger partial charge in [0.2, 0.25) is 10.0 Å². The van der Waals surface area contributed by atoms with E-state index < -0.39 is 34.8 Å². The van der Waals surface area contributed by atoms with Crippen LogP contribution in [-0.4, -0.2) is 40.3 Å². The predicted octanol–water partition coefficient (Wildman–Crippen LogP) is 3.72. The number of aryl methyl sites for hydroxylation is 3. The Morgan fingerprint density at radius 1 is 1.10 bits per heavy atom. The van der Waals surface area contributed by atoms with Gasteiger partial charge in [0.15, 0.2) is 0 Å². The fourth-order valence-electron chi connectivity index (χ4n) is 3.20. The van der Waals surface area contributed by atoms with Gasteiger partial charge in [-0.3, -0.25) is 0 Å². The Morgan fingerprint density at radius 3 is 2.20 bits per heavy atom. The summed E-state index contributed by atoms with van der Waals surface area (Å²) < 4.78 is 72.7. The maximum atomic E-state index is 13.6. The van der Waals surface area contributed by atoms with Crippen molar-refractivity contribution >= 4 is 21.7 Å². The predicted molar refractivity (Wildman–Crippen MR) is 107 cm³/mol. The van der Waals surface area contributed by atoms with Crippen LogP contribution >= 0.6 is 0 Å². The van der Waals surface area contributed by atoms with Crippen molar-refractivity contribution in [1.82, 2.24) is 4.72 Å². The molecule has 0 aliphatic rings. The van der Waals surface area contributed by atoms with E-state index in [0.717, 1.165) is 12.7 Å². The lowest BCUT2D eigenvalue weighted by atomic mass is 10.1. The van der Waals surface area contributed by atoms with Crippen LogP contribution < -0.4 is 10.0 Å². The highest BCUT2D eigenvalue weighted by Gasteiger charge is 2.42. The topological polar surface area (TPSA) is 84.5 Å². The van der Waals surface area contributed by atoms with Crippen LogP contribution in [0.15, 0.2) is 41.3 Å². The van der Waals surface area contributed by atoms with Crippen molar-refractivity contribution in [3.8, 4) is 0 Å². The van der Waals surface area contributed by atoms with Crippen molar-refractivity contribution in [2.24, 2.45) is 0 Å². The number of methoxy groups -OCH3 is 1. The molecular weight excluding hydrogens is 421 g/mol. The lowest BCUT2D eigenvalue weighted by molar-refractivity contribution is -0.148. The molecule has 2 N–H and O–H groups in total. The minimum atomic E-state index is -4.87. The molecule has 0 amide bonds. The van der Waals surface area contributed by atoms with Gasteiger partial charge in [-0.25, -0.2) is 13.2 Å². The summed E-state index contributed by atoms with van der Waals surface area (Å²) in [5, 5.41) is 2.50. The number of sulfonamides is 1. The molecule has 30 heavy (non-hydrogen) atoms. The van der Waals surface area contributed by atoms with Gasteiger partial charge in [0.25, 0.3) is 0 Å². The molecule has 10 heteroatoms. The number of carbonyl (C=O) groups excluding carboxylic acids is 1. The quantitative estimate of drug-likeness (QED) is 0.636.